The van der Waals surface area contributed by atoms with Gasteiger partial charge >= 0.3 is 0 Å². The van der Waals surface area contributed by atoms with Crippen LogP contribution in [0.15, 0.2) is 24.4 Å². The Morgan fingerprint density at radius 3 is 3.11 bits per heavy atom. The van der Waals surface area contributed by atoms with E-state index < -0.39 is 0 Å². The second-order valence-corrected chi connectivity index (χ2v) is 4.45. The van der Waals surface area contributed by atoms with Crippen molar-refractivity contribution < 1.29 is 9.90 Å². The second kappa shape index (κ2) is 6.47. The van der Waals surface area contributed by atoms with Crippen LogP contribution in [0.5, 0.6) is 0 Å². The maximum Gasteiger partial charge on any atom is 0.240 e. The molecule has 2 N–H and O–H groups in total. The number of nitrogens with one attached hydrogen (secondary N) is 1. The zero-order valence-corrected chi connectivity index (χ0v) is 10.4. The molecule has 1 unspecified atom stereocenters. The van der Waals surface area contributed by atoms with Gasteiger partial charge in [-0.1, -0.05) is 6.07 Å². The summed E-state index contributed by atoms with van der Waals surface area (Å²) in [5.74, 6) is 0.0622. The van der Waals surface area contributed by atoms with E-state index in [0.29, 0.717) is 13.0 Å². The van der Waals surface area contributed by atoms with Crippen LogP contribution in [0.2, 0.25) is 0 Å². The molecule has 1 aliphatic rings. The molecule has 0 spiro atoms. The third-order valence-electron chi connectivity index (χ3n) is 3.10. The average molecular weight is 249 g/mol. The highest BCUT2D eigenvalue weighted by atomic mass is 16.3. The number of rotatable bonds is 4. The molecule has 0 radical (unpaired) electrons. The summed E-state index contributed by atoms with van der Waals surface area (Å²) < 4.78 is 0. The quantitative estimate of drug-likeness (QED) is 0.797. The first-order valence-electron chi connectivity index (χ1n) is 6.34. The molecular formula is C13H19N3O2. The molecule has 5 nitrogen and oxygen atoms in total. The monoisotopic (exact) mass is 249 g/mol. The predicted octanol–water partition coefficient (Wildman–Crippen LogP) is 0.154. The highest BCUT2D eigenvalue weighted by Gasteiger charge is 2.26. The van der Waals surface area contributed by atoms with Crippen LogP contribution in [0, 0.1) is 0 Å². The number of hydrogen-bond acceptors (Lipinski definition) is 4. The first kappa shape index (κ1) is 13.0. The molecule has 1 atom stereocenters. The van der Waals surface area contributed by atoms with Crippen molar-refractivity contribution in [3.05, 3.63) is 30.1 Å². The van der Waals surface area contributed by atoms with E-state index in [2.05, 4.69) is 10.3 Å². The third kappa shape index (κ3) is 3.27. The van der Waals surface area contributed by atoms with E-state index in [9.17, 15) is 4.79 Å². The average Bonchev–Trinajstić information content (AvgIpc) is 2.56. The number of aliphatic hydroxyl groups is 1. The summed E-state index contributed by atoms with van der Waals surface area (Å²) in [7, 11) is 0. The fourth-order valence-corrected chi connectivity index (χ4v) is 2.16. The fraction of sp³-hybridized carbons (Fsp3) is 0.538. The molecule has 98 valence electrons. The smallest absolute Gasteiger partial charge is 0.240 e. The summed E-state index contributed by atoms with van der Waals surface area (Å²) in [5, 5.41) is 12.2. The minimum Gasteiger partial charge on any atom is -0.396 e. The van der Waals surface area contributed by atoms with Crippen molar-refractivity contribution >= 4 is 5.91 Å². The summed E-state index contributed by atoms with van der Waals surface area (Å²) in [6, 6.07) is 5.45. The van der Waals surface area contributed by atoms with Crippen molar-refractivity contribution in [3.8, 4) is 0 Å². The van der Waals surface area contributed by atoms with Crippen molar-refractivity contribution in [2.75, 3.05) is 19.7 Å². The van der Waals surface area contributed by atoms with Gasteiger partial charge in [-0.3, -0.25) is 9.78 Å². The maximum atomic E-state index is 12.3. The number of carbonyl (C=O) groups excluding carboxylic acids is 1. The van der Waals surface area contributed by atoms with Gasteiger partial charge in [0.2, 0.25) is 5.91 Å². The van der Waals surface area contributed by atoms with Crippen LogP contribution in [0.4, 0.5) is 0 Å². The molecule has 0 aromatic carbocycles. The maximum absolute atomic E-state index is 12.3. The van der Waals surface area contributed by atoms with E-state index in [0.717, 1.165) is 25.2 Å². The van der Waals surface area contributed by atoms with Crippen LogP contribution in [0.1, 0.15) is 18.5 Å². The molecule has 5 heteroatoms. The van der Waals surface area contributed by atoms with Gasteiger partial charge in [0.1, 0.15) is 0 Å². The molecule has 1 aromatic heterocycles. The molecule has 1 aromatic rings. The Morgan fingerprint density at radius 1 is 1.50 bits per heavy atom. The highest BCUT2D eigenvalue weighted by molar-refractivity contribution is 5.82. The lowest BCUT2D eigenvalue weighted by Crippen LogP contribution is -2.43. The SMILES string of the molecule is O=C1C(CCO)NCCCN1Cc1ccccn1. The summed E-state index contributed by atoms with van der Waals surface area (Å²) in [6.07, 6.45) is 3.14. The van der Waals surface area contributed by atoms with Crippen LogP contribution >= 0.6 is 0 Å². The second-order valence-electron chi connectivity index (χ2n) is 4.45. The molecular weight excluding hydrogens is 230 g/mol. The van der Waals surface area contributed by atoms with Gasteiger partial charge in [-0.25, -0.2) is 0 Å². The van der Waals surface area contributed by atoms with Crippen LogP contribution in [0.3, 0.4) is 0 Å². The van der Waals surface area contributed by atoms with E-state index in [1.54, 1.807) is 6.20 Å². The van der Waals surface area contributed by atoms with E-state index in [-0.39, 0.29) is 18.6 Å². The van der Waals surface area contributed by atoms with Gasteiger partial charge in [0.05, 0.1) is 18.3 Å². The number of pyridine rings is 1. The molecule has 2 rings (SSSR count). The first-order valence-corrected chi connectivity index (χ1v) is 6.34. The number of hydrogen-bond donors (Lipinski definition) is 2. The summed E-state index contributed by atoms with van der Waals surface area (Å²) in [5.41, 5.74) is 0.899. The molecule has 0 saturated carbocycles. The molecule has 18 heavy (non-hydrogen) atoms. The van der Waals surface area contributed by atoms with Gasteiger partial charge in [-0.05, 0) is 31.5 Å². The Hall–Kier alpha value is -1.46. The van der Waals surface area contributed by atoms with Gasteiger partial charge in [0.15, 0.2) is 0 Å². The zero-order valence-electron chi connectivity index (χ0n) is 10.4. The van der Waals surface area contributed by atoms with Crippen LogP contribution < -0.4 is 5.32 Å². The van der Waals surface area contributed by atoms with E-state index in [1.165, 1.54) is 0 Å². The van der Waals surface area contributed by atoms with E-state index in [4.69, 9.17) is 5.11 Å². The van der Waals surface area contributed by atoms with Crippen molar-refractivity contribution in [2.24, 2.45) is 0 Å². The lowest BCUT2D eigenvalue weighted by molar-refractivity contribution is -0.133. The van der Waals surface area contributed by atoms with Crippen molar-refractivity contribution in [3.63, 3.8) is 0 Å². The van der Waals surface area contributed by atoms with E-state index in [1.807, 2.05) is 23.1 Å². The lowest BCUT2D eigenvalue weighted by atomic mass is 10.2. The predicted molar refractivity (Wildman–Crippen MR) is 67.8 cm³/mol. The van der Waals surface area contributed by atoms with Gasteiger partial charge in [-0.15, -0.1) is 0 Å². The first-order chi connectivity index (χ1) is 8.81. The fourth-order valence-electron chi connectivity index (χ4n) is 2.16. The van der Waals surface area contributed by atoms with Gasteiger partial charge < -0.3 is 15.3 Å². The number of aliphatic hydroxyl groups excluding tert-OH is 1. The van der Waals surface area contributed by atoms with E-state index >= 15 is 0 Å². The Bertz CT molecular complexity index is 383. The lowest BCUT2D eigenvalue weighted by Gasteiger charge is -2.23. The Kier molecular flexibility index (Phi) is 4.66. The summed E-state index contributed by atoms with van der Waals surface area (Å²) in [4.78, 5) is 18.3. The zero-order chi connectivity index (χ0) is 12.8. The van der Waals surface area contributed by atoms with Crippen molar-refractivity contribution in [1.82, 2.24) is 15.2 Å². The van der Waals surface area contributed by atoms with Crippen molar-refractivity contribution in [1.29, 1.82) is 0 Å². The Labute approximate surface area is 107 Å². The summed E-state index contributed by atoms with van der Waals surface area (Å²) >= 11 is 0. The number of carbonyl (C=O) groups is 1. The highest BCUT2D eigenvalue weighted by Crippen LogP contribution is 2.09. The molecule has 1 aliphatic heterocycles. The molecule has 0 bridgehead atoms. The minimum atomic E-state index is -0.263. The molecule has 1 amide bonds. The normalized spacial score (nSPS) is 20.8. The third-order valence-corrected chi connectivity index (χ3v) is 3.10. The minimum absolute atomic E-state index is 0.0286. The molecule has 0 aliphatic carbocycles. The largest absolute Gasteiger partial charge is 0.396 e. The molecule has 1 saturated heterocycles. The van der Waals surface area contributed by atoms with Gasteiger partial charge in [-0.2, -0.15) is 0 Å². The Morgan fingerprint density at radius 2 is 2.39 bits per heavy atom. The standard InChI is InChI=1S/C13H19N3O2/c17-9-5-12-13(18)16(8-3-7-15-12)10-11-4-1-2-6-14-11/h1-2,4,6,12,15,17H,3,5,7-10H2. The van der Waals surface area contributed by atoms with Crippen molar-refractivity contribution in [2.45, 2.75) is 25.4 Å². The number of nitrogens with zero attached hydrogens (tertiary/aromatic N) is 2. The molecule has 1 fully saturated rings. The van der Waals surface area contributed by atoms with Crippen LogP contribution in [-0.4, -0.2) is 46.6 Å². The van der Waals surface area contributed by atoms with Gasteiger partial charge in [0.25, 0.3) is 0 Å². The summed E-state index contributed by atoms with van der Waals surface area (Å²) in [6.45, 7) is 2.13. The topological polar surface area (TPSA) is 65.5 Å². The number of amides is 1. The van der Waals surface area contributed by atoms with Crippen LogP contribution in [0.25, 0.3) is 0 Å². The Balaban J connectivity index is 2.03. The van der Waals surface area contributed by atoms with Gasteiger partial charge in [0, 0.05) is 19.3 Å². The number of aromatic nitrogens is 1. The molecule has 2 heterocycles. The van der Waals surface area contributed by atoms with Crippen LogP contribution in [-0.2, 0) is 11.3 Å².